The molecule has 1 N–H and O–H groups in total. The minimum absolute atomic E-state index is 0.255. The Morgan fingerprint density at radius 1 is 1.37 bits per heavy atom. The number of rotatable bonds is 0. The van der Waals surface area contributed by atoms with Crippen LogP contribution in [0.15, 0.2) is 6.08 Å². The van der Waals surface area contributed by atoms with Crippen LogP contribution in [0.2, 0.25) is 0 Å². The predicted molar refractivity (Wildman–Crippen MR) is 84.7 cm³/mol. The van der Waals surface area contributed by atoms with Gasteiger partial charge in [-0.2, -0.15) is 4.39 Å². The highest BCUT2D eigenvalue weighted by atomic mass is 127. The molecule has 1 aliphatic heterocycles. The number of halogens is 2. The molecule has 0 atom stereocenters. The van der Waals surface area contributed by atoms with E-state index in [1.807, 2.05) is 49.4 Å². The van der Waals surface area contributed by atoms with Crippen LogP contribution in [-0.4, -0.2) is 21.1 Å². The highest BCUT2D eigenvalue weighted by Gasteiger charge is 2.23. The van der Waals surface area contributed by atoms with E-state index in [2.05, 4.69) is 15.3 Å². The highest BCUT2D eigenvalue weighted by molar-refractivity contribution is 14.1. The summed E-state index contributed by atoms with van der Waals surface area (Å²) in [5.41, 5.74) is 2.16. The van der Waals surface area contributed by atoms with Gasteiger partial charge in [0.1, 0.15) is 11.5 Å². The van der Waals surface area contributed by atoms with Gasteiger partial charge in [0.15, 0.2) is 3.83 Å². The molecular formula is C13H16FIN4. The van der Waals surface area contributed by atoms with Crippen LogP contribution in [0.3, 0.4) is 0 Å². The summed E-state index contributed by atoms with van der Waals surface area (Å²) in [4.78, 5) is 8.64. The summed E-state index contributed by atoms with van der Waals surface area (Å²) in [5, 5.41) is 3.96. The third-order valence-corrected chi connectivity index (χ3v) is 3.49. The summed E-state index contributed by atoms with van der Waals surface area (Å²) in [6, 6.07) is 0. The van der Waals surface area contributed by atoms with Crippen LogP contribution in [-0.2, 0) is 7.05 Å². The zero-order valence-corrected chi connectivity index (χ0v) is 13.5. The zero-order valence-electron chi connectivity index (χ0n) is 11.4. The number of hydrogen-bond acceptors (Lipinski definition) is 3. The van der Waals surface area contributed by atoms with Crippen LogP contribution in [0.4, 0.5) is 10.2 Å². The first kappa shape index (κ1) is 14.2. The van der Waals surface area contributed by atoms with Crippen molar-refractivity contribution >= 4 is 45.0 Å². The number of nitrogens with zero attached hydrogens (tertiary/aromatic N) is 3. The molecule has 2 aromatic heterocycles. The molecule has 19 heavy (non-hydrogen) atoms. The van der Waals surface area contributed by atoms with Gasteiger partial charge in [0.05, 0.1) is 5.39 Å². The largest absolute Gasteiger partial charge is 0.366 e. The van der Waals surface area contributed by atoms with Crippen molar-refractivity contribution in [1.82, 2.24) is 14.5 Å². The summed E-state index contributed by atoms with van der Waals surface area (Å²) in [6.07, 6.45) is 1.96. The van der Waals surface area contributed by atoms with E-state index in [-0.39, 0.29) is 5.95 Å². The molecule has 0 fully saturated rings. The van der Waals surface area contributed by atoms with Crippen molar-refractivity contribution in [1.29, 1.82) is 0 Å². The van der Waals surface area contributed by atoms with Crippen LogP contribution < -0.4 is 5.32 Å². The Hall–Kier alpha value is -1.18. The van der Waals surface area contributed by atoms with Crippen molar-refractivity contribution in [2.24, 2.45) is 7.05 Å². The van der Waals surface area contributed by atoms with Crippen LogP contribution in [0, 0.1) is 9.78 Å². The molecule has 3 rings (SSSR count). The van der Waals surface area contributed by atoms with Crippen molar-refractivity contribution in [3.8, 4) is 0 Å². The van der Waals surface area contributed by atoms with E-state index in [0.717, 1.165) is 11.0 Å². The maximum Gasteiger partial charge on any atom is 0.203 e. The third kappa shape index (κ3) is 2.22. The molecule has 0 saturated heterocycles. The van der Waals surface area contributed by atoms with Crippen molar-refractivity contribution in [2.45, 2.75) is 20.8 Å². The van der Waals surface area contributed by atoms with E-state index in [4.69, 9.17) is 0 Å². The van der Waals surface area contributed by atoms with Gasteiger partial charge in [-0.05, 0) is 12.5 Å². The summed E-state index contributed by atoms with van der Waals surface area (Å²) in [6.45, 7) is 6.57. The van der Waals surface area contributed by atoms with Gasteiger partial charge in [-0.25, -0.2) is 9.97 Å². The van der Waals surface area contributed by atoms with E-state index in [9.17, 15) is 4.39 Å². The predicted octanol–water partition coefficient (Wildman–Crippen LogP) is 3.57. The number of hydrogen-bond donors (Lipinski definition) is 1. The van der Waals surface area contributed by atoms with Crippen molar-refractivity contribution < 1.29 is 4.39 Å². The molecule has 102 valence electrons. The van der Waals surface area contributed by atoms with E-state index in [1.165, 1.54) is 4.57 Å². The van der Waals surface area contributed by atoms with E-state index < -0.39 is 0 Å². The van der Waals surface area contributed by atoms with Gasteiger partial charge in [-0.15, -0.1) is 0 Å². The smallest absolute Gasteiger partial charge is 0.203 e. The van der Waals surface area contributed by atoms with Gasteiger partial charge >= 0.3 is 0 Å². The maximum absolute atomic E-state index is 14.2. The molecule has 0 aromatic carbocycles. The molecule has 6 heteroatoms. The number of anilines is 1. The summed E-state index contributed by atoms with van der Waals surface area (Å²) < 4.78 is 16.3. The monoisotopic (exact) mass is 374 g/mol. The van der Waals surface area contributed by atoms with Crippen molar-refractivity contribution in [3.05, 3.63) is 21.4 Å². The fourth-order valence-electron chi connectivity index (χ4n) is 2.15. The molecule has 0 spiro atoms. The molecule has 0 aliphatic carbocycles. The summed E-state index contributed by atoms with van der Waals surface area (Å²) in [5.74, 6) is 0.456. The van der Waals surface area contributed by atoms with E-state index in [1.54, 1.807) is 7.05 Å². The molecule has 0 amide bonds. The molecule has 1 aliphatic rings. The topological polar surface area (TPSA) is 42.7 Å². The number of aromatic nitrogens is 3. The molecule has 2 aromatic rings. The Balaban J connectivity index is 0.000000637. The number of nitrogens with one attached hydrogen (secondary N) is 1. The second kappa shape index (κ2) is 5.44. The Labute approximate surface area is 125 Å². The fraction of sp³-hybridized carbons (Fsp3) is 0.385. The Bertz CT molecular complexity index is 660. The normalized spacial score (nSPS) is 13.3. The van der Waals surface area contributed by atoms with Gasteiger partial charge in [0.2, 0.25) is 5.95 Å². The zero-order chi connectivity index (χ0) is 14.2. The quantitative estimate of drug-likeness (QED) is 0.567. The molecule has 0 unspecified atom stereocenters. The lowest BCUT2D eigenvalue weighted by molar-refractivity contribution is 0.537. The number of allylic oxidation sites excluding steroid dienone is 1. The lowest BCUT2D eigenvalue weighted by Crippen LogP contribution is -2.03. The fourth-order valence-corrected chi connectivity index (χ4v) is 2.62. The van der Waals surface area contributed by atoms with Crippen LogP contribution in [0.25, 0.3) is 16.6 Å². The minimum Gasteiger partial charge on any atom is -0.366 e. The average molecular weight is 374 g/mol. The van der Waals surface area contributed by atoms with Crippen LogP contribution in [0.1, 0.15) is 26.3 Å². The lowest BCUT2D eigenvalue weighted by atomic mass is 10.1. The van der Waals surface area contributed by atoms with Gasteiger partial charge in [0, 0.05) is 41.7 Å². The first-order chi connectivity index (χ1) is 9.09. The van der Waals surface area contributed by atoms with Crippen molar-refractivity contribution in [2.75, 3.05) is 11.9 Å². The minimum atomic E-state index is -0.255. The Morgan fingerprint density at radius 2 is 2.05 bits per heavy atom. The van der Waals surface area contributed by atoms with Crippen LogP contribution in [0.5, 0.6) is 0 Å². The molecular weight excluding hydrogens is 358 g/mol. The second-order valence-corrected chi connectivity index (χ2v) is 5.00. The first-order valence-corrected chi connectivity index (χ1v) is 7.30. The average Bonchev–Trinajstić information content (AvgIpc) is 2.56. The second-order valence-electron chi connectivity index (χ2n) is 4.03. The molecule has 0 saturated carbocycles. The molecule has 4 nitrogen and oxygen atoms in total. The SMILES string of the molecule is CC.CC1=CCNc2nc(I)nc3c2c1c(F)n3C. The summed E-state index contributed by atoms with van der Waals surface area (Å²) in [7, 11) is 1.68. The lowest BCUT2D eigenvalue weighted by Gasteiger charge is -2.04. The maximum atomic E-state index is 14.2. The summed E-state index contributed by atoms with van der Waals surface area (Å²) >= 11 is 2.04. The molecule has 0 bridgehead atoms. The third-order valence-electron chi connectivity index (χ3n) is 3.00. The molecule has 0 radical (unpaired) electrons. The van der Waals surface area contributed by atoms with Gasteiger partial charge in [-0.1, -0.05) is 19.9 Å². The van der Waals surface area contributed by atoms with Crippen molar-refractivity contribution in [3.63, 3.8) is 0 Å². The molecule has 3 heterocycles. The van der Waals surface area contributed by atoms with Gasteiger partial charge in [0.25, 0.3) is 0 Å². The van der Waals surface area contributed by atoms with Crippen LogP contribution >= 0.6 is 22.6 Å². The first-order valence-electron chi connectivity index (χ1n) is 6.22. The standard InChI is InChI=1S/C11H10FIN4.C2H6/c1-5-3-4-14-9-7-6(5)8(12)17(2)10(7)16-11(13)15-9;1-2/h3H,4H2,1-2H3,(H,14,15,16);1-2H3. The van der Waals surface area contributed by atoms with E-state index >= 15 is 0 Å². The number of aryl methyl sites for hydroxylation is 1. The Kier molecular flexibility index (Phi) is 4.07. The Morgan fingerprint density at radius 3 is 2.74 bits per heavy atom. The van der Waals surface area contributed by atoms with Gasteiger partial charge < -0.3 is 9.88 Å². The highest BCUT2D eigenvalue weighted by Crippen LogP contribution is 2.34. The van der Waals surface area contributed by atoms with E-state index in [0.29, 0.717) is 27.4 Å². The van der Waals surface area contributed by atoms with Gasteiger partial charge in [-0.3, -0.25) is 0 Å².